The number of nitrogens with one attached hydrogen (secondary N) is 1. The van der Waals surface area contributed by atoms with Gasteiger partial charge in [-0.25, -0.2) is 0 Å². The molecular weight excluding hydrogens is 384 g/mol. The number of aromatic nitrogens is 3. The minimum absolute atomic E-state index is 0.0243. The van der Waals surface area contributed by atoms with Gasteiger partial charge in [0.2, 0.25) is 16.2 Å². The summed E-state index contributed by atoms with van der Waals surface area (Å²) >= 11 is 1.56. The van der Waals surface area contributed by atoms with E-state index in [0.717, 1.165) is 40.9 Å². The van der Waals surface area contributed by atoms with Crippen LogP contribution in [0.2, 0.25) is 0 Å². The summed E-state index contributed by atoms with van der Waals surface area (Å²) < 4.78 is 1.96. The van der Waals surface area contributed by atoms with Crippen LogP contribution in [0.3, 0.4) is 0 Å². The molecule has 8 heteroatoms. The zero-order valence-corrected chi connectivity index (χ0v) is 17.6. The Morgan fingerprint density at radius 1 is 1.17 bits per heavy atom. The molecule has 0 aliphatic carbocycles. The fourth-order valence-electron chi connectivity index (χ4n) is 3.51. The number of amides is 1. The summed E-state index contributed by atoms with van der Waals surface area (Å²) in [7, 11) is 4.04. The monoisotopic (exact) mass is 410 g/mol. The standard InChI is InChI=1S/C21H26N6OS/c1-25(2)18-9-7-16(8-10-18)14-22-19(28)17-6-5-13-27(15-17)21-24-23-20(29-21)26-11-3-4-12-26/h3-4,7-12,17H,5-6,13-15H2,1-2H3,(H,22,28)/t17-/m0/s1. The van der Waals surface area contributed by atoms with E-state index < -0.39 is 0 Å². The third-order valence-corrected chi connectivity index (χ3v) is 6.21. The molecule has 1 atom stereocenters. The molecule has 0 spiro atoms. The summed E-state index contributed by atoms with van der Waals surface area (Å²) in [5.41, 5.74) is 2.26. The first-order valence-corrected chi connectivity index (χ1v) is 10.7. The lowest BCUT2D eigenvalue weighted by atomic mass is 9.97. The first-order valence-electron chi connectivity index (χ1n) is 9.86. The average molecular weight is 411 g/mol. The molecule has 1 fully saturated rings. The maximum absolute atomic E-state index is 12.7. The van der Waals surface area contributed by atoms with Crippen LogP contribution in [0.4, 0.5) is 10.8 Å². The Bertz CT molecular complexity index is 935. The number of carbonyl (C=O) groups excluding carboxylic acids is 1. The van der Waals surface area contributed by atoms with Crippen LogP contribution in [0.5, 0.6) is 0 Å². The number of carbonyl (C=O) groups is 1. The maximum atomic E-state index is 12.7. The summed E-state index contributed by atoms with van der Waals surface area (Å²) in [5.74, 6) is 0.0882. The van der Waals surface area contributed by atoms with Crippen LogP contribution in [0.15, 0.2) is 48.8 Å². The Labute approximate surface area is 175 Å². The van der Waals surface area contributed by atoms with Crippen molar-refractivity contribution in [2.24, 2.45) is 5.92 Å². The second-order valence-corrected chi connectivity index (χ2v) is 8.46. The van der Waals surface area contributed by atoms with Gasteiger partial charge < -0.3 is 15.1 Å². The van der Waals surface area contributed by atoms with Gasteiger partial charge in [-0.15, -0.1) is 10.2 Å². The number of rotatable bonds is 6. The quantitative estimate of drug-likeness (QED) is 0.677. The van der Waals surface area contributed by atoms with Crippen molar-refractivity contribution in [2.45, 2.75) is 19.4 Å². The summed E-state index contributed by atoms with van der Waals surface area (Å²) in [5, 5.41) is 13.5. The predicted octanol–water partition coefficient (Wildman–Crippen LogP) is 2.93. The molecule has 4 rings (SSSR count). The topological polar surface area (TPSA) is 66.3 Å². The first-order chi connectivity index (χ1) is 14.1. The molecule has 0 unspecified atom stereocenters. The van der Waals surface area contributed by atoms with Crippen LogP contribution in [0.1, 0.15) is 18.4 Å². The number of nitrogens with zero attached hydrogens (tertiary/aromatic N) is 5. The summed E-state index contributed by atoms with van der Waals surface area (Å²) in [6.45, 7) is 2.15. The fourth-order valence-corrected chi connectivity index (χ4v) is 4.36. The van der Waals surface area contributed by atoms with E-state index in [1.807, 2.05) is 43.2 Å². The van der Waals surface area contributed by atoms with Crippen LogP contribution in [-0.2, 0) is 11.3 Å². The van der Waals surface area contributed by atoms with E-state index in [1.165, 1.54) is 0 Å². The first kappa shape index (κ1) is 19.4. The number of anilines is 2. The lowest BCUT2D eigenvalue weighted by Crippen LogP contribution is -2.43. The molecular formula is C21H26N6OS. The van der Waals surface area contributed by atoms with Crippen molar-refractivity contribution in [3.8, 4) is 5.13 Å². The highest BCUT2D eigenvalue weighted by Crippen LogP contribution is 2.28. The van der Waals surface area contributed by atoms with Gasteiger partial charge in [0.1, 0.15) is 0 Å². The van der Waals surface area contributed by atoms with Gasteiger partial charge >= 0.3 is 0 Å². The highest BCUT2D eigenvalue weighted by molar-refractivity contribution is 7.17. The van der Waals surface area contributed by atoms with Gasteiger partial charge in [-0.2, -0.15) is 0 Å². The molecule has 1 amide bonds. The molecule has 1 aliphatic rings. The molecule has 1 N–H and O–H groups in total. The van der Waals surface area contributed by atoms with Crippen molar-refractivity contribution >= 4 is 28.1 Å². The summed E-state index contributed by atoms with van der Waals surface area (Å²) in [6, 6.07) is 12.2. The van der Waals surface area contributed by atoms with Crippen molar-refractivity contribution < 1.29 is 4.79 Å². The van der Waals surface area contributed by atoms with E-state index >= 15 is 0 Å². The van der Waals surface area contributed by atoms with Crippen LogP contribution in [0, 0.1) is 5.92 Å². The van der Waals surface area contributed by atoms with E-state index in [-0.39, 0.29) is 11.8 Å². The maximum Gasteiger partial charge on any atom is 0.225 e. The average Bonchev–Trinajstić information content (AvgIpc) is 3.44. The highest BCUT2D eigenvalue weighted by Gasteiger charge is 2.27. The molecule has 29 heavy (non-hydrogen) atoms. The molecule has 1 saturated heterocycles. The van der Waals surface area contributed by atoms with E-state index in [4.69, 9.17) is 0 Å². The van der Waals surface area contributed by atoms with Crippen LogP contribution >= 0.6 is 11.3 Å². The van der Waals surface area contributed by atoms with Gasteiger partial charge in [0.05, 0.1) is 5.92 Å². The van der Waals surface area contributed by atoms with Crippen molar-refractivity contribution in [3.05, 3.63) is 54.4 Å². The van der Waals surface area contributed by atoms with E-state index in [9.17, 15) is 4.79 Å². The van der Waals surface area contributed by atoms with Crippen LogP contribution in [0.25, 0.3) is 5.13 Å². The molecule has 0 saturated carbocycles. The lowest BCUT2D eigenvalue weighted by molar-refractivity contribution is -0.125. The van der Waals surface area contributed by atoms with Crippen molar-refractivity contribution in [2.75, 3.05) is 37.0 Å². The number of hydrogen-bond acceptors (Lipinski definition) is 6. The third kappa shape index (κ3) is 4.59. The SMILES string of the molecule is CN(C)c1ccc(CNC(=O)[C@H]2CCCN(c3nnc(-n4cccc4)s3)C2)cc1. The minimum atomic E-state index is -0.0243. The molecule has 0 bridgehead atoms. The van der Waals surface area contributed by atoms with Gasteiger partial charge in [-0.1, -0.05) is 23.5 Å². The lowest BCUT2D eigenvalue weighted by Gasteiger charge is -2.31. The number of piperidine rings is 1. The van der Waals surface area contributed by atoms with Gasteiger partial charge in [0.15, 0.2) is 0 Å². The second-order valence-electron chi connectivity index (χ2n) is 7.52. The molecule has 1 aromatic carbocycles. The van der Waals surface area contributed by atoms with Crippen LogP contribution < -0.4 is 15.1 Å². The normalized spacial score (nSPS) is 16.6. The summed E-state index contributed by atoms with van der Waals surface area (Å²) in [6.07, 6.45) is 5.81. The van der Waals surface area contributed by atoms with E-state index in [1.54, 1.807) is 11.3 Å². The Morgan fingerprint density at radius 3 is 2.62 bits per heavy atom. The number of hydrogen-bond donors (Lipinski definition) is 1. The molecule has 1 aliphatic heterocycles. The van der Waals surface area contributed by atoms with Gasteiger partial charge in [0, 0.05) is 51.8 Å². The fraction of sp³-hybridized carbons (Fsp3) is 0.381. The molecule has 3 aromatic rings. The second kappa shape index (κ2) is 8.65. The molecule has 2 aromatic heterocycles. The zero-order chi connectivity index (χ0) is 20.2. The Hall–Kier alpha value is -2.87. The molecule has 152 valence electrons. The van der Waals surface area contributed by atoms with Crippen molar-refractivity contribution in [1.29, 1.82) is 0 Å². The molecule has 3 heterocycles. The smallest absolute Gasteiger partial charge is 0.225 e. The molecule has 0 radical (unpaired) electrons. The number of benzene rings is 1. The Morgan fingerprint density at radius 2 is 1.90 bits per heavy atom. The van der Waals surface area contributed by atoms with Crippen molar-refractivity contribution in [1.82, 2.24) is 20.1 Å². The van der Waals surface area contributed by atoms with Crippen molar-refractivity contribution in [3.63, 3.8) is 0 Å². The van der Waals surface area contributed by atoms with E-state index in [2.05, 4.69) is 49.6 Å². The zero-order valence-electron chi connectivity index (χ0n) is 16.8. The largest absolute Gasteiger partial charge is 0.378 e. The predicted molar refractivity (Wildman–Crippen MR) is 117 cm³/mol. The minimum Gasteiger partial charge on any atom is -0.378 e. The van der Waals surface area contributed by atoms with Gasteiger partial charge in [-0.3, -0.25) is 9.36 Å². The van der Waals surface area contributed by atoms with E-state index in [0.29, 0.717) is 13.1 Å². The molecule has 7 nitrogen and oxygen atoms in total. The Balaban J connectivity index is 1.33. The van der Waals surface area contributed by atoms with Gasteiger partial charge in [-0.05, 0) is 42.7 Å². The Kier molecular flexibility index (Phi) is 5.80. The van der Waals surface area contributed by atoms with Gasteiger partial charge in [0.25, 0.3) is 0 Å². The van der Waals surface area contributed by atoms with Crippen LogP contribution in [-0.4, -0.2) is 47.9 Å². The highest BCUT2D eigenvalue weighted by atomic mass is 32.1. The third-order valence-electron chi connectivity index (χ3n) is 5.21. The summed E-state index contributed by atoms with van der Waals surface area (Å²) in [4.78, 5) is 17.0.